The lowest BCUT2D eigenvalue weighted by molar-refractivity contribution is -0.141. The smallest absolute Gasteiger partial charge is 0.346 e. The highest BCUT2D eigenvalue weighted by Crippen LogP contribution is 2.32. The molecule has 1 aliphatic rings. The molecule has 2 N–H and O–H groups in total. The second-order valence-corrected chi connectivity index (χ2v) is 7.21. The molecule has 2 unspecified atom stereocenters. The van der Waals surface area contributed by atoms with Crippen LogP contribution in [0.4, 0.5) is 13.2 Å². The van der Waals surface area contributed by atoms with Gasteiger partial charge in [0.25, 0.3) is 0 Å². The topological polar surface area (TPSA) is 78.8 Å². The first-order chi connectivity index (χ1) is 13.2. The van der Waals surface area contributed by atoms with E-state index >= 15 is 0 Å². The fraction of sp³-hybridized carbons (Fsp3) is 0.500. The molecule has 10 heteroatoms. The summed E-state index contributed by atoms with van der Waals surface area (Å²) >= 11 is 0. The highest BCUT2D eigenvalue weighted by Gasteiger charge is 2.34. The molecule has 0 radical (unpaired) electrons. The minimum Gasteiger partial charge on any atom is -0.346 e. The summed E-state index contributed by atoms with van der Waals surface area (Å²) in [6, 6.07) is 1.42. The number of fused-ring (bicyclic) bond motifs is 3. The Kier molecular flexibility index (Phi) is 4.53. The normalized spacial score (nSPS) is 19.5. The zero-order valence-corrected chi connectivity index (χ0v) is 15.5. The van der Waals surface area contributed by atoms with Crippen molar-refractivity contribution in [2.75, 3.05) is 19.6 Å². The van der Waals surface area contributed by atoms with Gasteiger partial charge in [-0.2, -0.15) is 13.2 Å². The number of amides is 1. The van der Waals surface area contributed by atoms with Gasteiger partial charge in [0.15, 0.2) is 0 Å². The number of nitrogens with zero attached hydrogens (tertiary/aromatic N) is 4. The number of carbonyl (C=O) groups excluding carboxylic acids is 1. The highest BCUT2D eigenvalue weighted by atomic mass is 19.4. The van der Waals surface area contributed by atoms with Gasteiger partial charge >= 0.3 is 6.18 Å². The Morgan fingerprint density at radius 1 is 1.46 bits per heavy atom. The molecule has 0 saturated carbocycles. The highest BCUT2D eigenvalue weighted by molar-refractivity contribution is 6.01. The van der Waals surface area contributed by atoms with Crippen molar-refractivity contribution in [1.82, 2.24) is 29.7 Å². The lowest BCUT2D eigenvalue weighted by Crippen LogP contribution is -2.46. The van der Waals surface area contributed by atoms with Crippen molar-refractivity contribution in [2.24, 2.45) is 0 Å². The number of aromatic nitrogens is 4. The fourth-order valence-electron chi connectivity index (χ4n) is 3.99. The quantitative estimate of drug-likeness (QED) is 0.713. The zero-order valence-electron chi connectivity index (χ0n) is 15.5. The summed E-state index contributed by atoms with van der Waals surface area (Å²) in [6.45, 7) is 3.46. The number of pyridine rings is 1. The Morgan fingerprint density at radius 2 is 2.25 bits per heavy atom. The van der Waals surface area contributed by atoms with Crippen molar-refractivity contribution < 1.29 is 18.0 Å². The third-order valence-electron chi connectivity index (χ3n) is 5.36. The van der Waals surface area contributed by atoms with Crippen molar-refractivity contribution in [3.05, 3.63) is 24.3 Å². The molecule has 7 nitrogen and oxygen atoms in total. The summed E-state index contributed by atoms with van der Waals surface area (Å²) in [7, 11) is 0. The molecule has 1 saturated heterocycles. The minimum atomic E-state index is -4.41. The fourth-order valence-corrected chi connectivity index (χ4v) is 3.99. The number of aromatic amines is 1. The summed E-state index contributed by atoms with van der Waals surface area (Å²) in [5, 5.41) is 2.95. The molecule has 0 aromatic carbocycles. The molecule has 0 bridgehead atoms. The van der Waals surface area contributed by atoms with E-state index in [0.717, 1.165) is 34.3 Å². The van der Waals surface area contributed by atoms with Crippen LogP contribution in [-0.2, 0) is 4.79 Å². The van der Waals surface area contributed by atoms with Crippen LogP contribution in [0.2, 0.25) is 0 Å². The van der Waals surface area contributed by atoms with E-state index in [9.17, 15) is 18.0 Å². The number of rotatable bonds is 4. The predicted molar refractivity (Wildman–Crippen MR) is 97.9 cm³/mol. The number of likely N-dealkylation sites (tertiary alicyclic amines) is 1. The van der Waals surface area contributed by atoms with Crippen LogP contribution in [0.25, 0.3) is 22.1 Å². The third kappa shape index (κ3) is 3.32. The molecule has 3 aromatic heterocycles. The molecule has 28 heavy (non-hydrogen) atoms. The van der Waals surface area contributed by atoms with Crippen LogP contribution < -0.4 is 5.32 Å². The molecule has 1 aliphatic heterocycles. The Labute approximate surface area is 158 Å². The number of aryl methyl sites for hydroxylation is 1. The number of H-pyrrole nitrogens is 1. The van der Waals surface area contributed by atoms with Gasteiger partial charge in [0.2, 0.25) is 5.91 Å². The molecular formula is C18H21F3N6O. The monoisotopic (exact) mass is 394 g/mol. The number of halogens is 3. The summed E-state index contributed by atoms with van der Waals surface area (Å²) in [5.41, 5.74) is 2.58. The second-order valence-electron chi connectivity index (χ2n) is 7.21. The van der Waals surface area contributed by atoms with Crippen molar-refractivity contribution in [1.29, 1.82) is 0 Å². The maximum absolute atomic E-state index is 12.4. The van der Waals surface area contributed by atoms with Crippen molar-refractivity contribution in [3.8, 4) is 0 Å². The maximum Gasteiger partial charge on any atom is 0.405 e. The van der Waals surface area contributed by atoms with Gasteiger partial charge in [-0.05, 0) is 26.3 Å². The lowest BCUT2D eigenvalue weighted by atomic mass is 10.2. The van der Waals surface area contributed by atoms with E-state index in [1.165, 1.54) is 0 Å². The van der Waals surface area contributed by atoms with E-state index in [1.54, 1.807) is 13.1 Å². The van der Waals surface area contributed by atoms with Crippen LogP contribution in [0, 0.1) is 6.92 Å². The minimum absolute atomic E-state index is 0.0865. The SMILES string of the molecule is Cc1nc2cnc3[nH]ccc3c2n1C1CCN(C(C)C(=O)NCC(F)(F)F)C1. The molecular weight excluding hydrogens is 373 g/mol. The number of alkyl halides is 3. The van der Waals surface area contributed by atoms with Gasteiger partial charge in [-0.3, -0.25) is 9.69 Å². The summed E-state index contributed by atoms with van der Waals surface area (Å²) in [4.78, 5) is 26.1. The zero-order chi connectivity index (χ0) is 20.1. The Morgan fingerprint density at radius 3 is 3.00 bits per heavy atom. The van der Waals surface area contributed by atoms with Crippen LogP contribution in [0.3, 0.4) is 0 Å². The number of hydrogen-bond donors (Lipinski definition) is 2. The van der Waals surface area contributed by atoms with Gasteiger partial charge in [-0.15, -0.1) is 0 Å². The second kappa shape index (κ2) is 6.77. The Bertz CT molecular complexity index is 1020. The molecule has 150 valence electrons. The van der Waals surface area contributed by atoms with Crippen molar-refractivity contribution in [3.63, 3.8) is 0 Å². The van der Waals surface area contributed by atoms with Crippen molar-refractivity contribution >= 4 is 28.0 Å². The van der Waals surface area contributed by atoms with Gasteiger partial charge in [0.1, 0.15) is 23.5 Å². The van der Waals surface area contributed by atoms with Crippen LogP contribution >= 0.6 is 0 Å². The average Bonchev–Trinajstić information content (AvgIpc) is 3.34. The van der Waals surface area contributed by atoms with Gasteiger partial charge in [0, 0.05) is 30.7 Å². The van der Waals surface area contributed by atoms with E-state index in [4.69, 9.17) is 0 Å². The first kappa shape index (κ1) is 18.7. The van der Waals surface area contributed by atoms with E-state index in [0.29, 0.717) is 13.1 Å². The molecule has 3 aromatic rings. The molecule has 1 amide bonds. The average molecular weight is 394 g/mol. The molecule has 0 aliphatic carbocycles. The standard InChI is InChI=1S/C18H21F3N6O/c1-10(17(28)24-9-18(19,20)21)26-6-4-12(8-26)27-11(2)25-14-7-23-16-13(15(14)27)3-5-22-16/h3,5,7,10,12H,4,6,8-9H2,1-2H3,(H,22,23)(H,24,28). The van der Waals surface area contributed by atoms with Gasteiger partial charge < -0.3 is 14.9 Å². The van der Waals surface area contributed by atoms with Crippen LogP contribution in [0.15, 0.2) is 18.5 Å². The Balaban J connectivity index is 1.55. The predicted octanol–water partition coefficient (Wildman–Crippen LogP) is 2.53. The van der Waals surface area contributed by atoms with Gasteiger partial charge in [0.05, 0.1) is 17.8 Å². The van der Waals surface area contributed by atoms with E-state index in [1.807, 2.05) is 29.4 Å². The van der Waals surface area contributed by atoms with Gasteiger partial charge in [-0.25, -0.2) is 9.97 Å². The number of hydrogen-bond acceptors (Lipinski definition) is 4. The summed E-state index contributed by atoms with van der Waals surface area (Å²) in [6.07, 6.45) is -0.0570. The summed E-state index contributed by atoms with van der Waals surface area (Å²) in [5.74, 6) is 0.244. The Hall–Kier alpha value is -2.62. The largest absolute Gasteiger partial charge is 0.405 e. The van der Waals surface area contributed by atoms with Crippen LogP contribution in [0.1, 0.15) is 25.2 Å². The first-order valence-corrected chi connectivity index (χ1v) is 9.14. The van der Waals surface area contributed by atoms with Gasteiger partial charge in [-0.1, -0.05) is 0 Å². The lowest BCUT2D eigenvalue weighted by Gasteiger charge is -2.24. The molecule has 4 heterocycles. The number of nitrogens with one attached hydrogen (secondary N) is 2. The third-order valence-corrected chi connectivity index (χ3v) is 5.36. The van der Waals surface area contributed by atoms with E-state index in [2.05, 4.69) is 19.5 Å². The van der Waals surface area contributed by atoms with Crippen LogP contribution in [0.5, 0.6) is 0 Å². The van der Waals surface area contributed by atoms with Crippen LogP contribution in [-0.4, -0.2) is 62.2 Å². The number of carbonyl (C=O) groups is 1. The maximum atomic E-state index is 12.4. The van der Waals surface area contributed by atoms with E-state index in [-0.39, 0.29) is 6.04 Å². The first-order valence-electron chi connectivity index (χ1n) is 9.14. The number of imidazole rings is 1. The molecule has 1 fully saturated rings. The molecule has 2 atom stereocenters. The summed E-state index contributed by atoms with van der Waals surface area (Å²) < 4.78 is 39.2. The molecule has 4 rings (SSSR count). The molecule has 0 spiro atoms. The van der Waals surface area contributed by atoms with E-state index < -0.39 is 24.7 Å². The van der Waals surface area contributed by atoms with Crippen molar-refractivity contribution in [2.45, 2.75) is 38.5 Å².